The molecule has 0 unspecified atom stereocenters. The molecule has 0 bridgehead atoms. The molecule has 0 aliphatic carbocycles. The van der Waals surface area contributed by atoms with Crippen LogP contribution in [0.5, 0.6) is 0 Å². The first kappa shape index (κ1) is 14.1. The molecule has 2 aromatic rings. The summed E-state index contributed by atoms with van der Waals surface area (Å²) >= 11 is 3.45. The molecule has 0 saturated heterocycles. The highest BCUT2D eigenvalue weighted by atomic mass is 79.9. The van der Waals surface area contributed by atoms with Crippen LogP contribution < -0.4 is 5.32 Å². The van der Waals surface area contributed by atoms with Crippen LogP contribution in [-0.4, -0.2) is 0 Å². The molecule has 2 aromatic carbocycles. The number of aryl methyl sites for hydroxylation is 3. The predicted octanol–water partition coefficient (Wildman–Crippen LogP) is 5.13. The van der Waals surface area contributed by atoms with Crippen LogP contribution in [0.4, 0.5) is 10.1 Å². The maximum Gasteiger partial charge on any atom is 0.123 e. The normalized spacial score (nSPS) is 10.6. The number of nitrogens with one attached hydrogen (secondary N) is 1. The van der Waals surface area contributed by atoms with Gasteiger partial charge in [-0.15, -0.1) is 0 Å². The highest BCUT2D eigenvalue weighted by molar-refractivity contribution is 9.10. The van der Waals surface area contributed by atoms with Crippen LogP contribution >= 0.6 is 15.9 Å². The Balaban J connectivity index is 2.21. The standard InChI is InChI=1S/C16H17BrFN/c1-10-6-11(2)16(12(3)7-10)19-9-13-8-14(18)4-5-15(13)17/h4-8,19H,9H2,1-3H3. The van der Waals surface area contributed by atoms with Gasteiger partial charge in [-0.05, 0) is 55.7 Å². The van der Waals surface area contributed by atoms with E-state index >= 15 is 0 Å². The zero-order valence-corrected chi connectivity index (χ0v) is 12.9. The van der Waals surface area contributed by atoms with E-state index in [2.05, 4.69) is 54.2 Å². The van der Waals surface area contributed by atoms with E-state index < -0.39 is 0 Å². The lowest BCUT2D eigenvalue weighted by molar-refractivity contribution is 0.625. The molecule has 0 aliphatic rings. The van der Waals surface area contributed by atoms with E-state index in [0.717, 1.165) is 15.7 Å². The van der Waals surface area contributed by atoms with E-state index in [4.69, 9.17) is 0 Å². The van der Waals surface area contributed by atoms with Crippen molar-refractivity contribution in [1.82, 2.24) is 0 Å². The Morgan fingerprint density at radius 2 is 1.68 bits per heavy atom. The minimum atomic E-state index is -0.211. The van der Waals surface area contributed by atoms with Gasteiger partial charge in [0.1, 0.15) is 5.82 Å². The third-order valence-corrected chi connectivity index (χ3v) is 3.91. The van der Waals surface area contributed by atoms with Crippen LogP contribution in [0.3, 0.4) is 0 Å². The molecule has 2 rings (SSSR count). The van der Waals surface area contributed by atoms with E-state index in [0.29, 0.717) is 6.54 Å². The molecule has 1 nitrogen and oxygen atoms in total. The van der Waals surface area contributed by atoms with Crippen molar-refractivity contribution < 1.29 is 4.39 Å². The SMILES string of the molecule is Cc1cc(C)c(NCc2cc(F)ccc2Br)c(C)c1. The van der Waals surface area contributed by atoms with Gasteiger partial charge in [0.25, 0.3) is 0 Å². The second-order valence-electron chi connectivity index (χ2n) is 4.86. The molecule has 100 valence electrons. The monoisotopic (exact) mass is 321 g/mol. The van der Waals surface area contributed by atoms with E-state index in [1.54, 1.807) is 12.1 Å². The Kier molecular flexibility index (Phi) is 4.25. The zero-order valence-electron chi connectivity index (χ0n) is 11.3. The summed E-state index contributed by atoms with van der Waals surface area (Å²) in [5.41, 5.74) is 5.73. The summed E-state index contributed by atoms with van der Waals surface area (Å²) in [6.07, 6.45) is 0. The Bertz CT molecular complexity index is 585. The summed E-state index contributed by atoms with van der Waals surface area (Å²) in [6, 6.07) is 9.04. The van der Waals surface area contributed by atoms with E-state index in [9.17, 15) is 4.39 Å². The topological polar surface area (TPSA) is 12.0 Å². The van der Waals surface area contributed by atoms with Gasteiger partial charge in [-0.25, -0.2) is 4.39 Å². The van der Waals surface area contributed by atoms with Crippen molar-refractivity contribution in [1.29, 1.82) is 0 Å². The number of benzene rings is 2. The van der Waals surface area contributed by atoms with Gasteiger partial charge in [0.05, 0.1) is 0 Å². The molecule has 0 atom stereocenters. The van der Waals surface area contributed by atoms with Gasteiger partial charge in [0, 0.05) is 16.7 Å². The van der Waals surface area contributed by atoms with Crippen LogP contribution in [0.15, 0.2) is 34.8 Å². The maximum absolute atomic E-state index is 13.2. The molecular weight excluding hydrogens is 305 g/mol. The van der Waals surface area contributed by atoms with Gasteiger partial charge >= 0.3 is 0 Å². The number of halogens is 2. The highest BCUT2D eigenvalue weighted by Crippen LogP contribution is 2.24. The van der Waals surface area contributed by atoms with Crippen LogP contribution in [0.1, 0.15) is 22.3 Å². The molecule has 3 heteroatoms. The van der Waals surface area contributed by atoms with Gasteiger partial charge < -0.3 is 5.32 Å². The average molecular weight is 322 g/mol. The van der Waals surface area contributed by atoms with Crippen molar-refractivity contribution in [2.24, 2.45) is 0 Å². The van der Waals surface area contributed by atoms with E-state index in [1.807, 2.05) is 0 Å². The lowest BCUT2D eigenvalue weighted by Gasteiger charge is -2.14. The summed E-state index contributed by atoms with van der Waals surface area (Å²) in [6.45, 7) is 6.86. The summed E-state index contributed by atoms with van der Waals surface area (Å²) in [7, 11) is 0. The van der Waals surface area contributed by atoms with Crippen molar-refractivity contribution >= 4 is 21.6 Å². The van der Waals surface area contributed by atoms with Gasteiger partial charge in [0.15, 0.2) is 0 Å². The Morgan fingerprint density at radius 3 is 2.32 bits per heavy atom. The molecule has 0 fully saturated rings. The molecule has 0 heterocycles. The van der Waals surface area contributed by atoms with Crippen LogP contribution in [0, 0.1) is 26.6 Å². The van der Waals surface area contributed by atoms with Crippen molar-refractivity contribution in [3.63, 3.8) is 0 Å². The van der Waals surface area contributed by atoms with Gasteiger partial charge in [0.2, 0.25) is 0 Å². The molecule has 0 spiro atoms. The van der Waals surface area contributed by atoms with Gasteiger partial charge in [-0.1, -0.05) is 33.6 Å². The minimum Gasteiger partial charge on any atom is -0.380 e. The molecule has 1 N–H and O–H groups in total. The fraction of sp³-hybridized carbons (Fsp3) is 0.250. The molecule has 0 radical (unpaired) electrons. The second kappa shape index (κ2) is 5.74. The molecule has 0 saturated carbocycles. The average Bonchev–Trinajstić information content (AvgIpc) is 2.32. The van der Waals surface area contributed by atoms with Gasteiger partial charge in [-0.3, -0.25) is 0 Å². The fourth-order valence-corrected chi connectivity index (χ4v) is 2.71. The number of hydrogen-bond acceptors (Lipinski definition) is 1. The Hall–Kier alpha value is -1.35. The summed E-state index contributed by atoms with van der Waals surface area (Å²) < 4.78 is 14.2. The quantitative estimate of drug-likeness (QED) is 0.826. The zero-order chi connectivity index (χ0) is 14.0. The molecular formula is C16H17BrFN. The Labute approximate surface area is 122 Å². The third kappa shape index (κ3) is 3.35. The van der Waals surface area contributed by atoms with Crippen molar-refractivity contribution in [2.45, 2.75) is 27.3 Å². The molecule has 0 aliphatic heterocycles. The lowest BCUT2D eigenvalue weighted by atomic mass is 10.0. The van der Waals surface area contributed by atoms with E-state index in [1.165, 1.54) is 22.8 Å². The minimum absolute atomic E-state index is 0.211. The fourth-order valence-electron chi connectivity index (χ4n) is 2.32. The summed E-state index contributed by atoms with van der Waals surface area (Å²) in [5, 5.41) is 3.40. The smallest absolute Gasteiger partial charge is 0.123 e. The predicted molar refractivity (Wildman–Crippen MR) is 82.1 cm³/mol. The molecule has 19 heavy (non-hydrogen) atoms. The van der Waals surface area contributed by atoms with Crippen LogP contribution in [0.25, 0.3) is 0 Å². The third-order valence-electron chi connectivity index (χ3n) is 3.14. The maximum atomic E-state index is 13.2. The first-order valence-corrected chi connectivity index (χ1v) is 7.02. The lowest BCUT2D eigenvalue weighted by Crippen LogP contribution is -2.04. The number of anilines is 1. The van der Waals surface area contributed by atoms with Crippen molar-refractivity contribution in [3.05, 3.63) is 62.9 Å². The van der Waals surface area contributed by atoms with Crippen molar-refractivity contribution in [2.75, 3.05) is 5.32 Å². The van der Waals surface area contributed by atoms with E-state index in [-0.39, 0.29) is 5.82 Å². The first-order chi connectivity index (χ1) is 8.97. The van der Waals surface area contributed by atoms with Crippen LogP contribution in [-0.2, 0) is 6.54 Å². The summed E-state index contributed by atoms with van der Waals surface area (Å²) in [4.78, 5) is 0. The second-order valence-corrected chi connectivity index (χ2v) is 5.72. The molecule has 0 amide bonds. The van der Waals surface area contributed by atoms with Crippen LogP contribution in [0.2, 0.25) is 0 Å². The summed E-state index contributed by atoms with van der Waals surface area (Å²) in [5.74, 6) is -0.211. The number of hydrogen-bond donors (Lipinski definition) is 1. The Morgan fingerprint density at radius 1 is 1.05 bits per heavy atom. The van der Waals surface area contributed by atoms with Crippen molar-refractivity contribution in [3.8, 4) is 0 Å². The number of rotatable bonds is 3. The highest BCUT2D eigenvalue weighted by Gasteiger charge is 2.06. The van der Waals surface area contributed by atoms with Gasteiger partial charge in [-0.2, -0.15) is 0 Å². The first-order valence-electron chi connectivity index (χ1n) is 6.23. The molecule has 0 aromatic heterocycles. The largest absolute Gasteiger partial charge is 0.380 e.